The van der Waals surface area contributed by atoms with Crippen LogP contribution < -0.4 is 20.1 Å². The van der Waals surface area contributed by atoms with Crippen LogP contribution in [-0.2, 0) is 11.3 Å². The molecule has 1 fully saturated rings. The Morgan fingerprint density at radius 2 is 2.15 bits per heavy atom. The van der Waals surface area contributed by atoms with E-state index < -0.39 is 0 Å². The standard InChI is InChI=1S/C15H22N2O3/c1-19-13-6-5-11(8-14(13)20-2)9-17-15(18)12-4-3-7-16-10-12/h5-6,8,12,16H,3-4,7,9-10H2,1-2H3,(H,17,18)/t12-/m0/s1. The maximum Gasteiger partial charge on any atom is 0.224 e. The van der Waals surface area contributed by atoms with Gasteiger partial charge in [-0.05, 0) is 37.1 Å². The van der Waals surface area contributed by atoms with Crippen LogP contribution in [0.2, 0.25) is 0 Å². The first-order valence-corrected chi connectivity index (χ1v) is 6.94. The quantitative estimate of drug-likeness (QED) is 0.853. The number of hydrogen-bond acceptors (Lipinski definition) is 4. The average Bonchev–Trinajstić information content (AvgIpc) is 2.53. The van der Waals surface area contributed by atoms with Crippen LogP contribution in [0.5, 0.6) is 11.5 Å². The molecule has 0 radical (unpaired) electrons. The van der Waals surface area contributed by atoms with E-state index in [9.17, 15) is 4.79 Å². The zero-order valence-corrected chi connectivity index (χ0v) is 12.1. The van der Waals surface area contributed by atoms with Crippen molar-refractivity contribution in [2.75, 3.05) is 27.3 Å². The fourth-order valence-electron chi connectivity index (χ4n) is 2.40. The second kappa shape index (κ2) is 7.14. The Hall–Kier alpha value is -1.75. The van der Waals surface area contributed by atoms with Gasteiger partial charge in [-0.2, -0.15) is 0 Å². The fraction of sp³-hybridized carbons (Fsp3) is 0.533. The first kappa shape index (κ1) is 14.7. The smallest absolute Gasteiger partial charge is 0.224 e. The Morgan fingerprint density at radius 3 is 2.80 bits per heavy atom. The van der Waals surface area contributed by atoms with Gasteiger partial charge in [-0.3, -0.25) is 4.79 Å². The number of carbonyl (C=O) groups is 1. The Bertz CT molecular complexity index is 456. The normalized spacial score (nSPS) is 18.4. The molecule has 1 aromatic rings. The summed E-state index contributed by atoms with van der Waals surface area (Å²) in [4.78, 5) is 12.0. The van der Waals surface area contributed by atoms with Crippen molar-refractivity contribution in [1.29, 1.82) is 0 Å². The summed E-state index contributed by atoms with van der Waals surface area (Å²) in [5.74, 6) is 1.58. The summed E-state index contributed by atoms with van der Waals surface area (Å²) < 4.78 is 10.4. The van der Waals surface area contributed by atoms with Crippen molar-refractivity contribution in [3.63, 3.8) is 0 Å². The molecule has 0 bridgehead atoms. The molecule has 2 rings (SSSR count). The molecule has 20 heavy (non-hydrogen) atoms. The van der Waals surface area contributed by atoms with Gasteiger partial charge in [-0.1, -0.05) is 6.07 Å². The Labute approximate surface area is 119 Å². The molecule has 1 atom stereocenters. The van der Waals surface area contributed by atoms with Crippen molar-refractivity contribution in [1.82, 2.24) is 10.6 Å². The summed E-state index contributed by atoms with van der Waals surface area (Å²) in [7, 11) is 3.21. The molecule has 1 heterocycles. The fourth-order valence-corrected chi connectivity index (χ4v) is 2.40. The van der Waals surface area contributed by atoms with Gasteiger partial charge in [0, 0.05) is 13.1 Å². The number of piperidine rings is 1. The number of carbonyl (C=O) groups excluding carboxylic acids is 1. The monoisotopic (exact) mass is 278 g/mol. The number of benzene rings is 1. The van der Waals surface area contributed by atoms with Crippen LogP contribution in [0, 0.1) is 5.92 Å². The maximum absolute atomic E-state index is 12.0. The molecule has 1 saturated heterocycles. The van der Waals surface area contributed by atoms with Crippen molar-refractivity contribution < 1.29 is 14.3 Å². The van der Waals surface area contributed by atoms with Crippen molar-refractivity contribution in [3.8, 4) is 11.5 Å². The Kier molecular flexibility index (Phi) is 5.24. The Balaban J connectivity index is 1.91. The van der Waals surface area contributed by atoms with E-state index in [1.165, 1.54) is 0 Å². The van der Waals surface area contributed by atoms with Gasteiger partial charge in [-0.25, -0.2) is 0 Å². The van der Waals surface area contributed by atoms with Crippen LogP contribution in [0.25, 0.3) is 0 Å². The van der Waals surface area contributed by atoms with Gasteiger partial charge < -0.3 is 20.1 Å². The van der Waals surface area contributed by atoms with Crippen LogP contribution in [0.1, 0.15) is 18.4 Å². The summed E-state index contributed by atoms with van der Waals surface area (Å²) in [6.45, 7) is 2.30. The molecule has 2 N–H and O–H groups in total. The molecule has 1 amide bonds. The molecule has 0 unspecified atom stereocenters. The lowest BCUT2D eigenvalue weighted by atomic mass is 9.99. The predicted molar refractivity (Wildman–Crippen MR) is 77.0 cm³/mol. The summed E-state index contributed by atoms with van der Waals surface area (Å²) >= 11 is 0. The third-order valence-corrected chi connectivity index (χ3v) is 3.58. The number of nitrogens with one attached hydrogen (secondary N) is 2. The van der Waals surface area contributed by atoms with Gasteiger partial charge in [0.15, 0.2) is 11.5 Å². The highest BCUT2D eigenvalue weighted by Crippen LogP contribution is 2.27. The molecular weight excluding hydrogens is 256 g/mol. The SMILES string of the molecule is COc1ccc(CNC(=O)[C@H]2CCCNC2)cc1OC. The lowest BCUT2D eigenvalue weighted by molar-refractivity contribution is -0.125. The van der Waals surface area contributed by atoms with E-state index >= 15 is 0 Å². The van der Waals surface area contributed by atoms with Gasteiger partial charge in [-0.15, -0.1) is 0 Å². The molecule has 1 aromatic carbocycles. The van der Waals surface area contributed by atoms with Crippen LogP contribution >= 0.6 is 0 Å². The van der Waals surface area contributed by atoms with E-state index in [-0.39, 0.29) is 11.8 Å². The van der Waals surface area contributed by atoms with E-state index in [0.29, 0.717) is 18.0 Å². The number of ether oxygens (including phenoxy) is 2. The predicted octanol–water partition coefficient (Wildman–Crippen LogP) is 1.32. The minimum Gasteiger partial charge on any atom is -0.493 e. The zero-order chi connectivity index (χ0) is 14.4. The summed E-state index contributed by atoms with van der Waals surface area (Å²) in [6, 6.07) is 5.67. The number of methoxy groups -OCH3 is 2. The number of hydrogen-bond donors (Lipinski definition) is 2. The highest BCUT2D eigenvalue weighted by molar-refractivity contribution is 5.79. The third-order valence-electron chi connectivity index (χ3n) is 3.58. The van der Waals surface area contributed by atoms with Crippen molar-refractivity contribution in [3.05, 3.63) is 23.8 Å². The summed E-state index contributed by atoms with van der Waals surface area (Å²) in [5, 5.41) is 6.23. The second-order valence-corrected chi connectivity index (χ2v) is 4.95. The van der Waals surface area contributed by atoms with Gasteiger partial charge in [0.05, 0.1) is 20.1 Å². The zero-order valence-electron chi connectivity index (χ0n) is 12.1. The molecule has 5 nitrogen and oxygen atoms in total. The van der Waals surface area contributed by atoms with E-state index in [4.69, 9.17) is 9.47 Å². The highest BCUT2D eigenvalue weighted by atomic mass is 16.5. The molecule has 1 aliphatic heterocycles. The van der Waals surface area contributed by atoms with Gasteiger partial charge in [0.2, 0.25) is 5.91 Å². The van der Waals surface area contributed by atoms with Gasteiger partial charge >= 0.3 is 0 Å². The lowest BCUT2D eigenvalue weighted by Gasteiger charge is -2.22. The van der Waals surface area contributed by atoms with Crippen LogP contribution in [-0.4, -0.2) is 33.2 Å². The van der Waals surface area contributed by atoms with Crippen LogP contribution in [0.4, 0.5) is 0 Å². The molecule has 0 aromatic heterocycles. The highest BCUT2D eigenvalue weighted by Gasteiger charge is 2.20. The van der Waals surface area contributed by atoms with E-state index in [1.807, 2.05) is 18.2 Å². The van der Waals surface area contributed by atoms with Crippen molar-refractivity contribution >= 4 is 5.91 Å². The first-order valence-electron chi connectivity index (χ1n) is 6.94. The van der Waals surface area contributed by atoms with E-state index in [1.54, 1.807) is 14.2 Å². The minimum atomic E-state index is 0.0869. The molecular formula is C15H22N2O3. The average molecular weight is 278 g/mol. The molecule has 0 saturated carbocycles. The maximum atomic E-state index is 12.0. The van der Waals surface area contributed by atoms with Crippen LogP contribution in [0.3, 0.4) is 0 Å². The van der Waals surface area contributed by atoms with E-state index in [2.05, 4.69) is 10.6 Å². The Morgan fingerprint density at radius 1 is 1.35 bits per heavy atom. The minimum absolute atomic E-state index is 0.0869. The second-order valence-electron chi connectivity index (χ2n) is 4.95. The first-order chi connectivity index (χ1) is 9.74. The largest absolute Gasteiger partial charge is 0.493 e. The van der Waals surface area contributed by atoms with Gasteiger partial charge in [0.1, 0.15) is 0 Å². The lowest BCUT2D eigenvalue weighted by Crippen LogP contribution is -2.40. The molecule has 1 aliphatic rings. The van der Waals surface area contributed by atoms with Crippen molar-refractivity contribution in [2.45, 2.75) is 19.4 Å². The number of amides is 1. The van der Waals surface area contributed by atoms with Crippen molar-refractivity contribution in [2.24, 2.45) is 5.92 Å². The topological polar surface area (TPSA) is 59.6 Å². The third kappa shape index (κ3) is 3.63. The van der Waals surface area contributed by atoms with Crippen LogP contribution in [0.15, 0.2) is 18.2 Å². The number of rotatable bonds is 5. The molecule has 110 valence electrons. The van der Waals surface area contributed by atoms with Gasteiger partial charge in [0.25, 0.3) is 0 Å². The summed E-state index contributed by atoms with van der Waals surface area (Å²) in [6.07, 6.45) is 2.03. The van der Waals surface area contributed by atoms with E-state index in [0.717, 1.165) is 31.5 Å². The molecule has 5 heteroatoms. The summed E-state index contributed by atoms with van der Waals surface area (Å²) in [5.41, 5.74) is 1.000. The molecule has 0 spiro atoms. The molecule has 0 aliphatic carbocycles.